The molecule has 1 aromatic carbocycles. The van der Waals surface area contributed by atoms with Gasteiger partial charge in [0.15, 0.2) is 0 Å². The average molecular weight is 348 g/mol. The minimum atomic E-state index is -4.13. The van der Waals surface area contributed by atoms with E-state index in [1.165, 1.54) is 24.3 Å². The van der Waals surface area contributed by atoms with Crippen molar-refractivity contribution in [2.75, 3.05) is 20.8 Å². The number of esters is 1. The molecular weight excluding hydrogens is 333 g/mol. The first-order valence-electron chi connectivity index (χ1n) is 6.14. The van der Waals surface area contributed by atoms with Crippen molar-refractivity contribution in [2.24, 2.45) is 0 Å². The predicted octanol–water partition coefficient (Wildman–Crippen LogP) is 3.04. The Balaban J connectivity index is 3.43. The Morgan fingerprint density at radius 3 is 2.27 bits per heavy atom. The number of ether oxygens (including phenoxy) is 1. The largest absolute Gasteiger partial charge is 0.476 e. The van der Waals surface area contributed by atoms with Gasteiger partial charge in [0.05, 0.1) is 6.61 Å². The number of hydrogen-bond acceptors (Lipinski definition) is 7. The Morgan fingerprint density at radius 1 is 1.32 bits per heavy atom. The summed E-state index contributed by atoms with van der Waals surface area (Å²) >= 11 is 5.79. The van der Waals surface area contributed by atoms with Gasteiger partial charge in [-0.3, -0.25) is 9.05 Å². The van der Waals surface area contributed by atoms with Gasteiger partial charge in [-0.05, 0) is 19.1 Å². The summed E-state index contributed by atoms with van der Waals surface area (Å²) in [4.78, 5) is 12.3. The quantitative estimate of drug-likeness (QED) is 0.552. The Bertz CT molecular complexity index is 606. The molecule has 0 heterocycles. The standard InChI is InChI=1S/C13H15ClNO6P/c1-4-20-12(16)13(9-15,21-22(17,18-2)19-3)10-5-7-11(14)8-6-10/h5-8H,4H2,1-3H3. The Kier molecular flexibility index (Phi) is 6.54. The monoisotopic (exact) mass is 347 g/mol. The van der Waals surface area contributed by atoms with E-state index in [9.17, 15) is 14.6 Å². The van der Waals surface area contributed by atoms with Gasteiger partial charge in [-0.15, -0.1) is 0 Å². The number of nitrogens with zero attached hydrogens (tertiary/aromatic N) is 1. The fraction of sp³-hybridized carbons (Fsp3) is 0.385. The summed E-state index contributed by atoms with van der Waals surface area (Å²) in [6.45, 7) is 1.57. The van der Waals surface area contributed by atoms with Crippen LogP contribution in [0, 0.1) is 11.3 Å². The van der Waals surface area contributed by atoms with Crippen LogP contribution in [-0.4, -0.2) is 26.8 Å². The second-order valence-electron chi connectivity index (χ2n) is 3.92. The summed E-state index contributed by atoms with van der Waals surface area (Å²) in [5, 5.41) is 9.90. The molecule has 7 nitrogen and oxygen atoms in total. The lowest BCUT2D eigenvalue weighted by Gasteiger charge is -2.27. The van der Waals surface area contributed by atoms with E-state index in [-0.39, 0.29) is 12.2 Å². The lowest BCUT2D eigenvalue weighted by Crippen LogP contribution is -2.38. The highest BCUT2D eigenvalue weighted by atomic mass is 35.5. The summed E-state index contributed by atoms with van der Waals surface area (Å²) in [7, 11) is -1.99. The van der Waals surface area contributed by atoms with E-state index in [0.29, 0.717) is 5.02 Å². The second-order valence-corrected chi connectivity index (χ2v) is 6.17. The third-order valence-electron chi connectivity index (χ3n) is 2.67. The summed E-state index contributed by atoms with van der Waals surface area (Å²) in [5.41, 5.74) is -2.21. The van der Waals surface area contributed by atoms with E-state index in [1.807, 2.05) is 0 Å². The van der Waals surface area contributed by atoms with Gasteiger partial charge < -0.3 is 4.74 Å². The molecule has 0 amide bonds. The maximum Gasteiger partial charge on any atom is 0.476 e. The van der Waals surface area contributed by atoms with Crippen LogP contribution in [0.4, 0.5) is 0 Å². The highest BCUT2D eigenvalue weighted by Crippen LogP contribution is 2.53. The normalized spacial score (nSPS) is 14.0. The van der Waals surface area contributed by atoms with E-state index in [2.05, 4.69) is 9.05 Å². The maximum atomic E-state index is 12.3. The van der Waals surface area contributed by atoms with E-state index in [0.717, 1.165) is 14.2 Å². The van der Waals surface area contributed by atoms with Crippen molar-refractivity contribution in [1.29, 1.82) is 5.26 Å². The predicted molar refractivity (Wildman–Crippen MR) is 78.1 cm³/mol. The van der Waals surface area contributed by atoms with E-state index < -0.39 is 19.4 Å². The van der Waals surface area contributed by atoms with Crippen molar-refractivity contribution in [1.82, 2.24) is 0 Å². The van der Waals surface area contributed by atoms with Crippen LogP contribution in [-0.2, 0) is 33.3 Å². The molecule has 0 N–H and O–H groups in total. The van der Waals surface area contributed by atoms with Crippen molar-refractivity contribution in [3.8, 4) is 6.07 Å². The molecule has 0 radical (unpaired) electrons. The molecule has 0 saturated heterocycles. The van der Waals surface area contributed by atoms with Crippen LogP contribution in [0.2, 0.25) is 5.02 Å². The van der Waals surface area contributed by atoms with Crippen molar-refractivity contribution < 1.29 is 27.7 Å². The fourth-order valence-electron chi connectivity index (χ4n) is 1.57. The highest BCUT2D eigenvalue weighted by molar-refractivity contribution is 7.48. The molecule has 0 saturated carbocycles. The fourth-order valence-corrected chi connectivity index (χ4v) is 2.55. The molecule has 1 aromatic rings. The topological polar surface area (TPSA) is 94.9 Å². The molecular formula is C13H15ClNO6P. The van der Waals surface area contributed by atoms with E-state index in [1.54, 1.807) is 13.0 Å². The zero-order valence-electron chi connectivity index (χ0n) is 12.2. The Morgan fingerprint density at radius 2 is 1.86 bits per heavy atom. The molecule has 9 heteroatoms. The van der Waals surface area contributed by atoms with Gasteiger partial charge in [0.1, 0.15) is 6.07 Å². The van der Waals surface area contributed by atoms with Crippen LogP contribution >= 0.6 is 19.4 Å². The van der Waals surface area contributed by atoms with Crippen LogP contribution in [0.1, 0.15) is 12.5 Å². The van der Waals surface area contributed by atoms with Gasteiger partial charge in [0, 0.05) is 24.8 Å². The minimum absolute atomic E-state index is 0.00345. The van der Waals surface area contributed by atoms with E-state index >= 15 is 0 Å². The molecule has 0 spiro atoms. The van der Waals surface area contributed by atoms with Gasteiger partial charge in [-0.25, -0.2) is 13.9 Å². The van der Waals surface area contributed by atoms with Gasteiger partial charge in [0.25, 0.3) is 5.60 Å². The third-order valence-corrected chi connectivity index (χ3v) is 4.31. The number of phosphoric acid groups is 1. The molecule has 0 aliphatic carbocycles. The van der Waals surface area contributed by atoms with Gasteiger partial charge in [0.2, 0.25) is 0 Å². The number of nitriles is 1. The van der Waals surface area contributed by atoms with Crippen LogP contribution in [0.15, 0.2) is 24.3 Å². The first-order valence-corrected chi connectivity index (χ1v) is 7.98. The smallest absolute Gasteiger partial charge is 0.463 e. The number of rotatable bonds is 7. The summed E-state index contributed by atoms with van der Waals surface area (Å²) < 4.78 is 31.5. The summed E-state index contributed by atoms with van der Waals surface area (Å²) in [5.74, 6) is -1.03. The van der Waals surface area contributed by atoms with Crippen molar-refractivity contribution in [2.45, 2.75) is 12.5 Å². The van der Waals surface area contributed by atoms with Crippen LogP contribution < -0.4 is 0 Å². The van der Waals surface area contributed by atoms with Crippen molar-refractivity contribution >= 4 is 25.4 Å². The SMILES string of the molecule is CCOC(=O)C(C#N)(OP(=O)(OC)OC)c1ccc(Cl)cc1. The Hall–Kier alpha value is -1.42. The molecule has 22 heavy (non-hydrogen) atoms. The molecule has 0 aromatic heterocycles. The lowest BCUT2D eigenvalue weighted by atomic mass is 9.96. The number of phosphoric ester groups is 1. The van der Waals surface area contributed by atoms with Crippen LogP contribution in [0.25, 0.3) is 0 Å². The molecule has 0 fully saturated rings. The molecule has 0 aliphatic heterocycles. The molecule has 0 bridgehead atoms. The first-order chi connectivity index (χ1) is 10.4. The number of carbonyl (C=O) groups excluding carboxylic acids is 1. The molecule has 0 aliphatic rings. The summed E-state index contributed by atoms with van der Waals surface area (Å²) in [6, 6.07) is 7.37. The first kappa shape index (κ1) is 18.6. The molecule has 1 atom stereocenters. The lowest BCUT2D eigenvalue weighted by molar-refractivity contribution is -0.159. The number of benzene rings is 1. The summed E-state index contributed by atoms with van der Waals surface area (Å²) in [6.07, 6.45) is 0. The van der Waals surface area contributed by atoms with Crippen LogP contribution in [0.3, 0.4) is 0 Å². The Labute approximate surface area is 133 Å². The average Bonchev–Trinajstić information content (AvgIpc) is 2.53. The zero-order valence-corrected chi connectivity index (χ0v) is 13.9. The minimum Gasteiger partial charge on any atom is -0.463 e. The molecule has 1 unspecified atom stereocenters. The highest BCUT2D eigenvalue weighted by Gasteiger charge is 2.50. The third kappa shape index (κ3) is 3.86. The van der Waals surface area contributed by atoms with Crippen LogP contribution in [0.5, 0.6) is 0 Å². The number of halogens is 1. The van der Waals surface area contributed by atoms with Crippen molar-refractivity contribution in [3.63, 3.8) is 0 Å². The zero-order chi connectivity index (χ0) is 16.8. The molecule has 1 rings (SSSR count). The molecule has 120 valence electrons. The van der Waals surface area contributed by atoms with Gasteiger partial charge in [-0.2, -0.15) is 5.26 Å². The van der Waals surface area contributed by atoms with Gasteiger partial charge in [-0.1, -0.05) is 23.7 Å². The maximum absolute atomic E-state index is 12.3. The number of hydrogen-bond donors (Lipinski definition) is 0. The van der Waals surface area contributed by atoms with Crippen molar-refractivity contribution in [3.05, 3.63) is 34.9 Å². The number of carbonyl (C=O) groups is 1. The van der Waals surface area contributed by atoms with E-state index in [4.69, 9.17) is 20.9 Å². The second kappa shape index (κ2) is 7.73. The van der Waals surface area contributed by atoms with Gasteiger partial charge >= 0.3 is 13.8 Å².